The summed E-state index contributed by atoms with van der Waals surface area (Å²) in [6.07, 6.45) is 1.05. The first-order valence-electron chi connectivity index (χ1n) is 9.00. The van der Waals surface area contributed by atoms with Gasteiger partial charge in [0, 0.05) is 23.7 Å². The molecule has 1 atom stereocenters. The maximum Gasteiger partial charge on any atom is 0.338 e. The molecule has 5 nitrogen and oxygen atoms in total. The van der Waals surface area contributed by atoms with Crippen molar-refractivity contribution in [2.75, 3.05) is 29.6 Å². The highest BCUT2D eigenvalue weighted by molar-refractivity contribution is 7.98. The average molecular weight is 387 g/mol. The third-order valence-corrected chi connectivity index (χ3v) is 5.05. The van der Waals surface area contributed by atoms with Crippen LogP contribution in [0.15, 0.2) is 53.4 Å². The normalized spacial score (nSPS) is 11.6. The number of hydrogen-bond acceptors (Lipinski definition) is 5. The van der Waals surface area contributed by atoms with Gasteiger partial charge in [-0.1, -0.05) is 12.1 Å². The van der Waals surface area contributed by atoms with Crippen LogP contribution in [0.1, 0.15) is 31.1 Å². The number of thioether (sulfide) groups is 1. The third kappa shape index (κ3) is 5.50. The fourth-order valence-electron chi connectivity index (χ4n) is 2.66. The topological polar surface area (TPSA) is 58.6 Å². The van der Waals surface area contributed by atoms with Crippen molar-refractivity contribution in [2.24, 2.45) is 0 Å². The minimum Gasteiger partial charge on any atom is -0.449 e. The molecule has 0 saturated heterocycles. The van der Waals surface area contributed by atoms with Crippen LogP contribution < -0.4 is 10.2 Å². The van der Waals surface area contributed by atoms with Crippen LogP contribution in [0, 0.1) is 0 Å². The van der Waals surface area contributed by atoms with Crippen LogP contribution in [0.25, 0.3) is 0 Å². The summed E-state index contributed by atoms with van der Waals surface area (Å²) in [7, 11) is 0. The van der Waals surface area contributed by atoms with Crippen LogP contribution in [0.3, 0.4) is 0 Å². The number of carbonyl (C=O) groups is 2. The maximum absolute atomic E-state index is 12.4. The lowest BCUT2D eigenvalue weighted by Gasteiger charge is -2.21. The number of hydrogen-bond donors (Lipinski definition) is 1. The summed E-state index contributed by atoms with van der Waals surface area (Å²) >= 11 is 1.54. The molecule has 0 radical (unpaired) electrons. The summed E-state index contributed by atoms with van der Waals surface area (Å²) in [6, 6.07) is 14.7. The van der Waals surface area contributed by atoms with Gasteiger partial charge in [0.05, 0.1) is 11.3 Å². The molecular weight excluding hydrogens is 360 g/mol. The zero-order valence-corrected chi connectivity index (χ0v) is 17.0. The monoisotopic (exact) mass is 386 g/mol. The smallest absolute Gasteiger partial charge is 0.338 e. The fourth-order valence-corrected chi connectivity index (χ4v) is 3.22. The molecule has 0 spiro atoms. The van der Waals surface area contributed by atoms with Gasteiger partial charge in [0.15, 0.2) is 6.10 Å². The number of benzene rings is 2. The van der Waals surface area contributed by atoms with Crippen molar-refractivity contribution in [3.8, 4) is 0 Å². The van der Waals surface area contributed by atoms with E-state index in [4.69, 9.17) is 4.74 Å². The molecule has 2 rings (SSSR count). The highest BCUT2D eigenvalue weighted by Gasteiger charge is 2.20. The number of ether oxygens (including phenoxy) is 1. The van der Waals surface area contributed by atoms with Crippen LogP contribution >= 0.6 is 11.8 Å². The predicted octanol–water partition coefficient (Wildman–Crippen LogP) is 4.44. The van der Waals surface area contributed by atoms with Crippen molar-refractivity contribution in [1.29, 1.82) is 0 Å². The zero-order chi connectivity index (χ0) is 19.8. The van der Waals surface area contributed by atoms with Gasteiger partial charge in [-0.3, -0.25) is 4.79 Å². The lowest BCUT2D eigenvalue weighted by molar-refractivity contribution is -0.123. The van der Waals surface area contributed by atoms with Crippen molar-refractivity contribution in [3.63, 3.8) is 0 Å². The van der Waals surface area contributed by atoms with E-state index in [0.29, 0.717) is 11.3 Å². The SMILES string of the molecule is CCN(CC)c1ccc(C(=O)OC(C)C(=O)Nc2ccccc2SC)cc1. The van der Waals surface area contributed by atoms with E-state index in [0.717, 1.165) is 23.7 Å². The van der Waals surface area contributed by atoms with Gasteiger partial charge in [0.2, 0.25) is 0 Å². The Morgan fingerprint density at radius 2 is 1.70 bits per heavy atom. The van der Waals surface area contributed by atoms with Gasteiger partial charge in [0.1, 0.15) is 0 Å². The van der Waals surface area contributed by atoms with E-state index >= 15 is 0 Å². The second-order valence-electron chi connectivity index (χ2n) is 5.96. The minimum absolute atomic E-state index is 0.357. The van der Waals surface area contributed by atoms with E-state index in [1.165, 1.54) is 0 Å². The number of amides is 1. The summed E-state index contributed by atoms with van der Waals surface area (Å²) < 4.78 is 5.33. The van der Waals surface area contributed by atoms with Crippen molar-refractivity contribution in [3.05, 3.63) is 54.1 Å². The van der Waals surface area contributed by atoms with Gasteiger partial charge in [-0.25, -0.2) is 4.79 Å². The second-order valence-corrected chi connectivity index (χ2v) is 6.80. The molecule has 6 heteroatoms. The van der Waals surface area contributed by atoms with Gasteiger partial charge < -0.3 is 15.0 Å². The van der Waals surface area contributed by atoms with Gasteiger partial charge in [-0.2, -0.15) is 0 Å². The van der Waals surface area contributed by atoms with Crippen LogP contribution in [0.5, 0.6) is 0 Å². The molecule has 2 aromatic rings. The Bertz CT molecular complexity index is 773. The first kappa shape index (κ1) is 20.8. The molecular formula is C21H26N2O3S. The Balaban J connectivity index is 1.99. The number of nitrogens with one attached hydrogen (secondary N) is 1. The number of anilines is 2. The molecule has 0 saturated carbocycles. The molecule has 27 heavy (non-hydrogen) atoms. The van der Waals surface area contributed by atoms with Crippen molar-refractivity contribution < 1.29 is 14.3 Å². The number of para-hydroxylation sites is 1. The Morgan fingerprint density at radius 3 is 2.30 bits per heavy atom. The Kier molecular flexibility index (Phi) is 7.73. The molecule has 0 bridgehead atoms. The molecule has 0 aliphatic carbocycles. The number of esters is 1. The van der Waals surface area contributed by atoms with Gasteiger partial charge in [-0.05, 0) is 63.4 Å². The standard InChI is InChI=1S/C21H26N2O3S/c1-5-23(6-2)17-13-11-16(12-14-17)21(25)26-15(3)20(24)22-18-9-7-8-10-19(18)27-4/h7-15H,5-6H2,1-4H3,(H,22,24). The molecule has 0 heterocycles. The molecule has 1 unspecified atom stereocenters. The largest absolute Gasteiger partial charge is 0.449 e. The average Bonchev–Trinajstić information content (AvgIpc) is 2.69. The lowest BCUT2D eigenvalue weighted by Crippen LogP contribution is -2.30. The van der Waals surface area contributed by atoms with E-state index in [1.54, 1.807) is 30.8 Å². The van der Waals surface area contributed by atoms with Crippen LogP contribution in [-0.2, 0) is 9.53 Å². The quantitative estimate of drug-likeness (QED) is 0.537. The van der Waals surface area contributed by atoms with E-state index in [2.05, 4.69) is 24.1 Å². The van der Waals surface area contributed by atoms with E-state index < -0.39 is 12.1 Å². The van der Waals surface area contributed by atoms with E-state index in [9.17, 15) is 9.59 Å². The van der Waals surface area contributed by atoms with E-state index in [-0.39, 0.29) is 5.91 Å². The van der Waals surface area contributed by atoms with Crippen LogP contribution in [0.2, 0.25) is 0 Å². The third-order valence-electron chi connectivity index (χ3n) is 4.25. The second kappa shape index (κ2) is 10.0. The zero-order valence-electron chi connectivity index (χ0n) is 16.2. The fraction of sp³-hybridized carbons (Fsp3) is 0.333. The summed E-state index contributed by atoms with van der Waals surface area (Å²) in [6.45, 7) is 7.53. The molecule has 0 aliphatic rings. The summed E-state index contributed by atoms with van der Waals surface area (Å²) in [4.78, 5) is 27.8. The summed E-state index contributed by atoms with van der Waals surface area (Å²) in [5.74, 6) is -0.869. The Morgan fingerprint density at radius 1 is 1.07 bits per heavy atom. The van der Waals surface area contributed by atoms with Crippen molar-refractivity contribution >= 4 is 35.0 Å². The summed E-state index contributed by atoms with van der Waals surface area (Å²) in [5.41, 5.74) is 2.19. The first-order valence-corrected chi connectivity index (χ1v) is 10.2. The van der Waals surface area contributed by atoms with Gasteiger partial charge in [-0.15, -0.1) is 11.8 Å². The number of nitrogens with zero attached hydrogens (tertiary/aromatic N) is 1. The highest BCUT2D eigenvalue weighted by atomic mass is 32.2. The number of rotatable bonds is 8. The molecule has 0 fully saturated rings. The lowest BCUT2D eigenvalue weighted by atomic mass is 10.2. The molecule has 1 N–H and O–H groups in total. The molecule has 1 amide bonds. The molecule has 0 aromatic heterocycles. The van der Waals surface area contributed by atoms with Crippen molar-refractivity contribution in [2.45, 2.75) is 31.8 Å². The Hall–Kier alpha value is -2.47. The predicted molar refractivity (Wildman–Crippen MR) is 112 cm³/mol. The van der Waals surface area contributed by atoms with Crippen LogP contribution in [-0.4, -0.2) is 37.3 Å². The summed E-state index contributed by atoms with van der Waals surface area (Å²) in [5, 5.41) is 2.81. The minimum atomic E-state index is -0.894. The van der Waals surface area contributed by atoms with Crippen molar-refractivity contribution in [1.82, 2.24) is 0 Å². The highest BCUT2D eigenvalue weighted by Crippen LogP contribution is 2.25. The van der Waals surface area contributed by atoms with Crippen LogP contribution in [0.4, 0.5) is 11.4 Å². The Labute approximate surface area is 165 Å². The van der Waals surface area contributed by atoms with E-state index in [1.807, 2.05) is 42.7 Å². The number of carbonyl (C=O) groups excluding carboxylic acids is 2. The molecule has 144 valence electrons. The van der Waals surface area contributed by atoms with Gasteiger partial charge >= 0.3 is 5.97 Å². The molecule has 2 aromatic carbocycles. The van der Waals surface area contributed by atoms with Gasteiger partial charge in [0.25, 0.3) is 5.91 Å². The maximum atomic E-state index is 12.4. The first-order chi connectivity index (χ1) is 13.0. The molecule has 0 aliphatic heterocycles.